The second-order valence-corrected chi connectivity index (χ2v) is 15.7. The lowest BCUT2D eigenvalue weighted by Gasteiger charge is -2.19. The maximum atomic E-state index is 2.46. The quantitative estimate of drug-likeness (QED) is 0.161. The van der Waals surface area contributed by atoms with Crippen molar-refractivity contribution in [2.45, 2.75) is 0 Å². The van der Waals surface area contributed by atoms with Gasteiger partial charge in [0, 0.05) is 40.7 Å². The van der Waals surface area contributed by atoms with Crippen molar-refractivity contribution < 1.29 is 0 Å². The first-order valence-electron chi connectivity index (χ1n) is 17.8. The second kappa shape index (κ2) is 11.7. The Hall–Kier alpha value is -6.06. The standard InChI is InChI=1S/C50H30S2/c1-3-15-32(16-4-1)48-43-30-45-42(29-46(43)52-50(48)33-17-5-2-6-18-33)41-28-34(26-27-44(41)51-45)47-37-21-9-11-23-39(37)49(40-24-12-10-22-38(40)47)36-25-13-19-31-14-7-8-20-35(31)36/h1-30H. The molecule has 0 radical (unpaired) electrons. The van der Waals surface area contributed by atoms with E-state index in [0.717, 1.165) is 0 Å². The summed E-state index contributed by atoms with van der Waals surface area (Å²) in [6, 6.07) is 67.2. The number of benzene rings is 9. The molecule has 0 aliphatic heterocycles. The highest BCUT2D eigenvalue weighted by Crippen LogP contribution is 2.50. The largest absolute Gasteiger partial charge is 0.135 e. The van der Waals surface area contributed by atoms with Crippen LogP contribution in [-0.4, -0.2) is 0 Å². The van der Waals surface area contributed by atoms with E-state index in [9.17, 15) is 0 Å². The predicted octanol–water partition coefficient (Wildman–Crippen LogP) is 15.4. The van der Waals surface area contributed by atoms with E-state index in [1.807, 2.05) is 22.7 Å². The van der Waals surface area contributed by atoms with Crippen molar-refractivity contribution in [1.82, 2.24) is 0 Å². The number of thiophene rings is 2. The minimum Gasteiger partial charge on any atom is -0.135 e. The predicted molar refractivity (Wildman–Crippen MR) is 229 cm³/mol. The van der Waals surface area contributed by atoms with Crippen LogP contribution in [-0.2, 0) is 0 Å². The van der Waals surface area contributed by atoms with Gasteiger partial charge in [0.2, 0.25) is 0 Å². The Kier molecular flexibility index (Phi) is 6.70. The van der Waals surface area contributed by atoms with Crippen molar-refractivity contribution in [2.24, 2.45) is 0 Å². The zero-order valence-corrected chi connectivity index (χ0v) is 29.8. The molecule has 0 amide bonds. The van der Waals surface area contributed by atoms with Crippen molar-refractivity contribution in [3.8, 4) is 43.8 Å². The van der Waals surface area contributed by atoms with Gasteiger partial charge in [-0.3, -0.25) is 0 Å². The van der Waals surface area contributed by atoms with Crippen LogP contribution in [0.15, 0.2) is 182 Å². The number of hydrogen-bond donors (Lipinski definition) is 0. The van der Waals surface area contributed by atoms with Crippen LogP contribution in [0, 0.1) is 0 Å². The van der Waals surface area contributed by atoms with Gasteiger partial charge in [0.15, 0.2) is 0 Å². The summed E-state index contributed by atoms with van der Waals surface area (Å²) in [7, 11) is 0. The minimum atomic E-state index is 1.25. The third kappa shape index (κ3) is 4.52. The van der Waals surface area contributed by atoms with Gasteiger partial charge < -0.3 is 0 Å². The molecule has 0 aliphatic carbocycles. The monoisotopic (exact) mass is 694 g/mol. The molecule has 11 aromatic rings. The van der Waals surface area contributed by atoms with Gasteiger partial charge in [-0.15, -0.1) is 22.7 Å². The highest BCUT2D eigenvalue weighted by molar-refractivity contribution is 7.26. The van der Waals surface area contributed by atoms with Crippen LogP contribution in [0.3, 0.4) is 0 Å². The summed E-state index contributed by atoms with van der Waals surface area (Å²) < 4.78 is 3.97. The molecule has 0 N–H and O–H groups in total. The van der Waals surface area contributed by atoms with Crippen LogP contribution < -0.4 is 0 Å². The summed E-state index contributed by atoms with van der Waals surface area (Å²) in [6.45, 7) is 0. The maximum absolute atomic E-state index is 2.46. The molecule has 0 fully saturated rings. The highest BCUT2D eigenvalue weighted by Gasteiger charge is 2.20. The smallest absolute Gasteiger partial charge is 0.0433 e. The van der Waals surface area contributed by atoms with Gasteiger partial charge in [0.25, 0.3) is 0 Å². The van der Waals surface area contributed by atoms with Crippen LogP contribution in [0.1, 0.15) is 0 Å². The highest BCUT2D eigenvalue weighted by atomic mass is 32.1. The molecule has 52 heavy (non-hydrogen) atoms. The Bertz CT molecular complexity index is 3100. The molecule has 9 aromatic carbocycles. The fraction of sp³-hybridized carbons (Fsp3) is 0. The van der Waals surface area contributed by atoms with E-state index in [1.165, 1.54) is 106 Å². The van der Waals surface area contributed by atoms with Crippen molar-refractivity contribution in [3.05, 3.63) is 182 Å². The van der Waals surface area contributed by atoms with E-state index >= 15 is 0 Å². The van der Waals surface area contributed by atoms with Gasteiger partial charge in [-0.1, -0.05) is 158 Å². The van der Waals surface area contributed by atoms with Gasteiger partial charge >= 0.3 is 0 Å². The lowest BCUT2D eigenvalue weighted by Crippen LogP contribution is -1.91. The van der Waals surface area contributed by atoms with E-state index < -0.39 is 0 Å². The Balaban J connectivity index is 1.17. The molecule has 0 atom stereocenters. The number of fused-ring (bicyclic) bond motifs is 7. The summed E-state index contributed by atoms with van der Waals surface area (Å²) in [6.07, 6.45) is 0. The molecule has 2 heteroatoms. The molecule has 0 nitrogen and oxygen atoms in total. The fourth-order valence-electron chi connectivity index (χ4n) is 8.38. The van der Waals surface area contributed by atoms with Gasteiger partial charge in [0.1, 0.15) is 0 Å². The van der Waals surface area contributed by atoms with E-state index in [2.05, 4.69) is 182 Å². The molecule has 0 bridgehead atoms. The molecule has 0 unspecified atom stereocenters. The summed E-state index contributed by atoms with van der Waals surface area (Å²) in [5.74, 6) is 0. The minimum absolute atomic E-state index is 1.25. The first-order chi connectivity index (χ1) is 25.8. The lowest BCUT2D eigenvalue weighted by atomic mass is 9.84. The van der Waals surface area contributed by atoms with Crippen LogP contribution in [0.5, 0.6) is 0 Å². The van der Waals surface area contributed by atoms with Crippen LogP contribution >= 0.6 is 22.7 Å². The summed E-state index contributed by atoms with van der Waals surface area (Å²) in [5.41, 5.74) is 9.00. The van der Waals surface area contributed by atoms with Crippen LogP contribution in [0.2, 0.25) is 0 Å². The summed E-state index contributed by atoms with van der Waals surface area (Å²) >= 11 is 3.81. The van der Waals surface area contributed by atoms with Crippen molar-refractivity contribution in [1.29, 1.82) is 0 Å². The molecule has 2 aromatic heterocycles. The first kappa shape index (κ1) is 29.6. The van der Waals surface area contributed by atoms with Gasteiger partial charge in [0.05, 0.1) is 0 Å². The Labute approximate surface area is 309 Å². The number of hydrogen-bond acceptors (Lipinski definition) is 2. The van der Waals surface area contributed by atoms with Crippen LogP contribution in [0.4, 0.5) is 0 Å². The topological polar surface area (TPSA) is 0 Å². The van der Waals surface area contributed by atoms with Gasteiger partial charge in [-0.05, 0) is 90.0 Å². The molecule has 0 aliphatic rings. The molecule has 0 spiro atoms. The molecule has 11 rings (SSSR count). The average Bonchev–Trinajstić information content (AvgIpc) is 3.76. The van der Waals surface area contributed by atoms with Crippen molar-refractivity contribution in [2.75, 3.05) is 0 Å². The molecule has 0 saturated carbocycles. The van der Waals surface area contributed by atoms with E-state index in [4.69, 9.17) is 0 Å². The van der Waals surface area contributed by atoms with E-state index in [1.54, 1.807) is 0 Å². The Morgan fingerprint density at radius 2 is 0.808 bits per heavy atom. The van der Waals surface area contributed by atoms with Crippen molar-refractivity contribution in [3.63, 3.8) is 0 Å². The zero-order chi connectivity index (χ0) is 34.2. The number of rotatable bonds is 4. The second-order valence-electron chi connectivity index (χ2n) is 13.6. The normalized spacial score (nSPS) is 11.8. The Morgan fingerprint density at radius 3 is 1.52 bits per heavy atom. The molecular formula is C50H30S2. The SMILES string of the molecule is c1ccc(-c2sc3cc4c(cc3c2-c2ccccc2)sc2ccc(-c3c5ccccc5c(-c5cccc6ccccc56)c5ccccc35)cc24)cc1. The zero-order valence-electron chi connectivity index (χ0n) is 28.1. The molecule has 242 valence electrons. The Morgan fingerprint density at radius 1 is 0.269 bits per heavy atom. The first-order valence-corrected chi connectivity index (χ1v) is 19.4. The van der Waals surface area contributed by atoms with Crippen molar-refractivity contribution >= 4 is 85.2 Å². The molecule has 2 heterocycles. The average molecular weight is 695 g/mol. The van der Waals surface area contributed by atoms with E-state index in [-0.39, 0.29) is 0 Å². The maximum Gasteiger partial charge on any atom is 0.0433 e. The van der Waals surface area contributed by atoms with Crippen LogP contribution in [0.25, 0.3) is 106 Å². The van der Waals surface area contributed by atoms with Gasteiger partial charge in [-0.2, -0.15) is 0 Å². The van der Waals surface area contributed by atoms with E-state index in [0.29, 0.717) is 0 Å². The third-order valence-corrected chi connectivity index (χ3v) is 13.0. The summed E-state index contributed by atoms with van der Waals surface area (Å²) in [5, 5.41) is 11.7. The third-order valence-electron chi connectivity index (χ3n) is 10.7. The summed E-state index contributed by atoms with van der Waals surface area (Å²) in [4.78, 5) is 1.33. The molecular weight excluding hydrogens is 665 g/mol. The van der Waals surface area contributed by atoms with Gasteiger partial charge in [-0.25, -0.2) is 0 Å². The lowest BCUT2D eigenvalue weighted by molar-refractivity contribution is 1.66. The molecule has 0 saturated heterocycles. The fourth-order valence-corrected chi connectivity index (χ4v) is 10.7.